The number of carbonyl (C=O) groups is 2. The van der Waals surface area contributed by atoms with Gasteiger partial charge in [0.2, 0.25) is 5.91 Å². The van der Waals surface area contributed by atoms with Crippen molar-refractivity contribution in [3.8, 4) is 0 Å². The number of para-hydroxylation sites is 1. The number of carboxylic acid groups (broad SMARTS) is 1. The van der Waals surface area contributed by atoms with Crippen LogP contribution in [-0.4, -0.2) is 30.2 Å². The van der Waals surface area contributed by atoms with Crippen LogP contribution in [0.3, 0.4) is 0 Å². The number of nitrogens with one attached hydrogen (secondary N) is 1. The molecule has 0 aliphatic carbocycles. The SMILES string of the molecule is O=C(O)C1(C(=O)Nc2ccccc2)COC1. The van der Waals surface area contributed by atoms with Gasteiger partial charge < -0.3 is 15.2 Å². The molecule has 0 radical (unpaired) electrons. The van der Waals surface area contributed by atoms with Crippen LogP contribution in [0.2, 0.25) is 0 Å². The van der Waals surface area contributed by atoms with Crippen molar-refractivity contribution < 1.29 is 19.4 Å². The highest BCUT2D eigenvalue weighted by atomic mass is 16.5. The molecule has 0 bridgehead atoms. The number of ether oxygens (including phenoxy) is 1. The smallest absolute Gasteiger partial charge is 0.324 e. The first-order valence-corrected chi connectivity index (χ1v) is 4.83. The summed E-state index contributed by atoms with van der Waals surface area (Å²) in [6.07, 6.45) is 0. The van der Waals surface area contributed by atoms with Gasteiger partial charge >= 0.3 is 5.97 Å². The maximum atomic E-state index is 11.8. The number of hydrogen-bond donors (Lipinski definition) is 2. The molecule has 0 aromatic heterocycles. The normalized spacial score (nSPS) is 17.2. The molecule has 0 unspecified atom stereocenters. The van der Waals surface area contributed by atoms with Crippen molar-refractivity contribution in [2.45, 2.75) is 0 Å². The van der Waals surface area contributed by atoms with E-state index in [9.17, 15) is 9.59 Å². The number of carboxylic acids is 1. The van der Waals surface area contributed by atoms with E-state index in [2.05, 4.69) is 5.32 Å². The number of carbonyl (C=O) groups excluding carboxylic acids is 1. The van der Waals surface area contributed by atoms with E-state index in [1.807, 2.05) is 6.07 Å². The Morgan fingerprint density at radius 1 is 1.25 bits per heavy atom. The van der Waals surface area contributed by atoms with Gasteiger partial charge in [-0.3, -0.25) is 9.59 Å². The van der Waals surface area contributed by atoms with E-state index in [1.165, 1.54) is 0 Å². The lowest BCUT2D eigenvalue weighted by Crippen LogP contribution is -2.57. The van der Waals surface area contributed by atoms with Crippen LogP contribution in [0.25, 0.3) is 0 Å². The Labute approximate surface area is 92.0 Å². The molecule has 1 heterocycles. The van der Waals surface area contributed by atoms with E-state index in [0.29, 0.717) is 5.69 Å². The number of rotatable bonds is 3. The van der Waals surface area contributed by atoms with E-state index in [-0.39, 0.29) is 13.2 Å². The average molecular weight is 221 g/mol. The molecular weight excluding hydrogens is 210 g/mol. The van der Waals surface area contributed by atoms with Crippen LogP contribution in [0.5, 0.6) is 0 Å². The van der Waals surface area contributed by atoms with Gasteiger partial charge in [-0.2, -0.15) is 0 Å². The topological polar surface area (TPSA) is 75.6 Å². The van der Waals surface area contributed by atoms with Gasteiger partial charge in [0, 0.05) is 5.69 Å². The fourth-order valence-electron chi connectivity index (χ4n) is 1.43. The third-order valence-corrected chi connectivity index (χ3v) is 2.57. The number of hydrogen-bond acceptors (Lipinski definition) is 3. The molecule has 5 nitrogen and oxygen atoms in total. The molecule has 5 heteroatoms. The summed E-state index contributed by atoms with van der Waals surface area (Å²) in [7, 11) is 0. The minimum absolute atomic E-state index is 0.0685. The predicted molar refractivity (Wildman–Crippen MR) is 56.0 cm³/mol. The number of aliphatic carboxylic acids is 1. The van der Waals surface area contributed by atoms with E-state index >= 15 is 0 Å². The van der Waals surface area contributed by atoms with Crippen molar-refractivity contribution in [1.29, 1.82) is 0 Å². The van der Waals surface area contributed by atoms with Gasteiger partial charge in [0.25, 0.3) is 0 Å². The molecule has 1 aliphatic rings. The van der Waals surface area contributed by atoms with Crippen molar-refractivity contribution in [3.63, 3.8) is 0 Å². The van der Waals surface area contributed by atoms with Gasteiger partial charge in [-0.1, -0.05) is 18.2 Å². The van der Waals surface area contributed by atoms with Crippen LogP contribution in [0.1, 0.15) is 0 Å². The lowest BCUT2D eigenvalue weighted by molar-refractivity contribution is -0.182. The molecule has 0 saturated carbocycles. The summed E-state index contributed by atoms with van der Waals surface area (Å²) in [4.78, 5) is 22.8. The Morgan fingerprint density at radius 3 is 2.31 bits per heavy atom. The molecule has 1 aliphatic heterocycles. The van der Waals surface area contributed by atoms with E-state index in [0.717, 1.165) is 0 Å². The average Bonchev–Trinajstić information content (AvgIpc) is 2.16. The maximum Gasteiger partial charge on any atom is 0.324 e. The molecular formula is C11H11NO4. The van der Waals surface area contributed by atoms with Crippen LogP contribution in [0, 0.1) is 5.41 Å². The van der Waals surface area contributed by atoms with Crippen molar-refractivity contribution in [2.75, 3.05) is 18.5 Å². The zero-order valence-electron chi connectivity index (χ0n) is 8.47. The molecule has 2 N–H and O–H groups in total. The van der Waals surface area contributed by atoms with Crippen molar-refractivity contribution in [2.24, 2.45) is 5.41 Å². The molecule has 2 rings (SSSR count). The van der Waals surface area contributed by atoms with E-state index in [4.69, 9.17) is 9.84 Å². The second-order valence-corrected chi connectivity index (χ2v) is 3.70. The van der Waals surface area contributed by atoms with Gasteiger partial charge in [-0.25, -0.2) is 0 Å². The fraction of sp³-hybridized carbons (Fsp3) is 0.273. The number of benzene rings is 1. The van der Waals surface area contributed by atoms with Crippen molar-refractivity contribution in [1.82, 2.24) is 0 Å². The lowest BCUT2D eigenvalue weighted by Gasteiger charge is -2.35. The first kappa shape index (κ1) is 10.6. The minimum atomic E-state index is -1.42. The highest BCUT2D eigenvalue weighted by Crippen LogP contribution is 2.29. The molecule has 1 aromatic rings. The Hall–Kier alpha value is -1.88. The minimum Gasteiger partial charge on any atom is -0.480 e. The predicted octanol–water partition coefficient (Wildman–Crippen LogP) is 0.726. The third-order valence-electron chi connectivity index (χ3n) is 2.57. The van der Waals surface area contributed by atoms with Crippen molar-refractivity contribution >= 4 is 17.6 Å². The Balaban J connectivity index is 2.11. The monoisotopic (exact) mass is 221 g/mol. The standard InChI is InChI=1S/C11H11NO4/c13-9(11(10(14)15)6-16-7-11)12-8-4-2-1-3-5-8/h1-5H,6-7H2,(H,12,13)(H,14,15). The van der Waals surface area contributed by atoms with Crippen molar-refractivity contribution in [3.05, 3.63) is 30.3 Å². The zero-order chi connectivity index (χ0) is 11.6. The van der Waals surface area contributed by atoms with Gasteiger partial charge in [0.05, 0.1) is 13.2 Å². The largest absolute Gasteiger partial charge is 0.480 e. The summed E-state index contributed by atoms with van der Waals surface area (Å²) in [5, 5.41) is 11.6. The first-order valence-electron chi connectivity index (χ1n) is 4.83. The van der Waals surface area contributed by atoms with Crippen LogP contribution >= 0.6 is 0 Å². The van der Waals surface area contributed by atoms with E-state index in [1.54, 1.807) is 24.3 Å². The summed E-state index contributed by atoms with van der Waals surface area (Å²) >= 11 is 0. The number of amides is 1. The Bertz CT molecular complexity index is 411. The van der Waals surface area contributed by atoms with Gasteiger partial charge in [-0.15, -0.1) is 0 Å². The Kier molecular flexibility index (Phi) is 2.62. The molecule has 1 fully saturated rings. The first-order chi connectivity index (χ1) is 7.65. The highest BCUT2D eigenvalue weighted by Gasteiger charge is 2.53. The molecule has 0 spiro atoms. The van der Waals surface area contributed by atoms with Gasteiger partial charge in [0.15, 0.2) is 5.41 Å². The van der Waals surface area contributed by atoms with Crippen LogP contribution < -0.4 is 5.32 Å². The van der Waals surface area contributed by atoms with Gasteiger partial charge in [0.1, 0.15) is 0 Å². The second-order valence-electron chi connectivity index (χ2n) is 3.70. The van der Waals surface area contributed by atoms with E-state index < -0.39 is 17.3 Å². The second kappa shape index (κ2) is 3.94. The van der Waals surface area contributed by atoms with Gasteiger partial charge in [-0.05, 0) is 12.1 Å². The van der Waals surface area contributed by atoms with Crippen LogP contribution in [0.4, 0.5) is 5.69 Å². The summed E-state index contributed by atoms with van der Waals surface area (Å²) < 4.78 is 4.82. The summed E-state index contributed by atoms with van der Waals surface area (Å²) in [5.41, 5.74) is -0.837. The third kappa shape index (κ3) is 1.65. The lowest BCUT2D eigenvalue weighted by atomic mass is 9.85. The summed E-state index contributed by atoms with van der Waals surface area (Å²) in [6.45, 7) is -0.137. The molecule has 1 saturated heterocycles. The Morgan fingerprint density at radius 2 is 1.88 bits per heavy atom. The summed E-state index contributed by atoms with van der Waals surface area (Å²) in [6, 6.07) is 8.75. The zero-order valence-corrected chi connectivity index (χ0v) is 8.47. The molecule has 1 aromatic carbocycles. The fourth-order valence-corrected chi connectivity index (χ4v) is 1.43. The van der Waals surface area contributed by atoms with Crippen LogP contribution in [0.15, 0.2) is 30.3 Å². The number of anilines is 1. The van der Waals surface area contributed by atoms with Crippen LogP contribution in [-0.2, 0) is 14.3 Å². The molecule has 1 amide bonds. The quantitative estimate of drug-likeness (QED) is 0.737. The molecule has 84 valence electrons. The molecule has 16 heavy (non-hydrogen) atoms. The molecule has 0 atom stereocenters. The highest BCUT2D eigenvalue weighted by molar-refractivity contribution is 6.09. The summed E-state index contributed by atoms with van der Waals surface area (Å²) in [5.74, 6) is -1.68. The maximum absolute atomic E-state index is 11.8.